The van der Waals surface area contributed by atoms with E-state index in [-0.39, 0.29) is 0 Å². The number of hydrogen-bond acceptors (Lipinski definition) is 5. The number of aryl methyl sites for hydroxylation is 1. The third-order valence-electron chi connectivity index (χ3n) is 2.38. The molecule has 3 aromatic heterocycles. The molecule has 0 radical (unpaired) electrons. The molecule has 0 bridgehead atoms. The third kappa shape index (κ3) is 1.67. The summed E-state index contributed by atoms with van der Waals surface area (Å²) in [5, 5.41) is 14.1. The molecule has 3 heterocycles. The number of aromatic amines is 1. The highest BCUT2D eigenvalue weighted by Crippen LogP contribution is 2.17. The smallest absolute Gasteiger partial charge is 0.153 e. The molecule has 0 aromatic carbocycles. The number of nitrogens with zero attached hydrogens (tertiary/aromatic N) is 4. The summed E-state index contributed by atoms with van der Waals surface area (Å²) in [7, 11) is 0. The van der Waals surface area contributed by atoms with Crippen molar-refractivity contribution < 1.29 is 0 Å². The fourth-order valence-electron chi connectivity index (χ4n) is 1.63. The van der Waals surface area contributed by atoms with Gasteiger partial charge in [-0.05, 0) is 13.0 Å². The van der Waals surface area contributed by atoms with E-state index in [4.69, 9.17) is 5.73 Å². The lowest BCUT2D eigenvalue weighted by molar-refractivity contribution is 0.950. The molecule has 0 aliphatic rings. The van der Waals surface area contributed by atoms with E-state index in [1.54, 1.807) is 16.9 Å². The van der Waals surface area contributed by atoms with Gasteiger partial charge in [0.15, 0.2) is 17.5 Å². The highest BCUT2D eigenvalue weighted by molar-refractivity contribution is 5.67. The quantitative estimate of drug-likeness (QED) is 0.611. The van der Waals surface area contributed by atoms with Crippen molar-refractivity contribution in [2.24, 2.45) is 0 Å². The molecule has 0 amide bonds. The minimum Gasteiger partial charge on any atom is -0.382 e. The maximum Gasteiger partial charge on any atom is 0.153 e. The summed E-state index contributed by atoms with van der Waals surface area (Å²) >= 11 is 0. The topological polar surface area (TPSA) is 96.9 Å². The van der Waals surface area contributed by atoms with E-state index in [1.807, 2.05) is 19.1 Å². The number of nitrogens with one attached hydrogen (secondary N) is 2. The summed E-state index contributed by atoms with van der Waals surface area (Å²) in [6.07, 6.45) is 3.44. The fourth-order valence-corrected chi connectivity index (χ4v) is 1.63. The average Bonchev–Trinajstić information content (AvgIpc) is 2.87. The number of H-pyrrole nitrogens is 1. The monoisotopic (exact) mass is 229 g/mol. The minimum atomic E-state index is 0.430. The Labute approximate surface area is 96.7 Å². The van der Waals surface area contributed by atoms with Crippen LogP contribution in [-0.4, -0.2) is 24.8 Å². The molecule has 4 N–H and O–H groups in total. The van der Waals surface area contributed by atoms with Crippen LogP contribution in [0.1, 0.15) is 5.69 Å². The molecule has 17 heavy (non-hydrogen) atoms. The Hall–Kier alpha value is -2.57. The van der Waals surface area contributed by atoms with Crippen LogP contribution in [0.4, 0.5) is 17.5 Å². The molecular weight excluding hydrogens is 218 g/mol. The van der Waals surface area contributed by atoms with Crippen LogP contribution < -0.4 is 11.1 Å². The molecule has 0 spiro atoms. The van der Waals surface area contributed by atoms with Crippen LogP contribution in [0.15, 0.2) is 24.5 Å². The first kappa shape index (κ1) is 9.64. The molecule has 86 valence electrons. The number of hydrogen-bond donors (Lipinski definition) is 3. The first-order chi connectivity index (χ1) is 8.22. The normalized spacial score (nSPS) is 10.9. The van der Waals surface area contributed by atoms with Gasteiger partial charge in [0.1, 0.15) is 5.52 Å². The summed E-state index contributed by atoms with van der Waals surface area (Å²) in [5.74, 6) is 1.73. The lowest BCUT2D eigenvalue weighted by Gasteiger charge is -2.04. The van der Waals surface area contributed by atoms with Crippen molar-refractivity contribution >= 4 is 23.0 Å². The standard InChI is InChI=1S/C10H11N7/c1-6-4-8(16-15-6)13-9-5-17-7(2-3-12-17)10(11)14-9/h2-5H,1H3,(H2,11,14)(H2,13,15,16). The fraction of sp³-hybridized carbons (Fsp3) is 0.100. The van der Waals surface area contributed by atoms with Gasteiger partial charge in [-0.2, -0.15) is 10.2 Å². The molecule has 0 aliphatic heterocycles. The Balaban J connectivity index is 2.00. The second kappa shape index (κ2) is 3.48. The zero-order chi connectivity index (χ0) is 11.8. The lowest BCUT2D eigenvalue weighted by atomic mass is 10.4. The van der Waals surface area contributed by atoms with Gasteiger partial charge in [0.05, 0.1) is 12.4 Å². The predicted octanol–water partition coefficient (Wildman–Crippen LogP) is 1.09. The first-order valence-corrected chi connectivity index (χ1v) is 5.11. The Kier molecular flexibility index (Phi) is 1.97. The zero-order valence-electron chi connectivity index (χ0n) is 9.18. The molecule has 0 saturated carbocycles. The second-order valence-electron chi connectivity index (χ2n) is 3.73. The van der Waals surface area contributed by atoms with Crippen LogP contribution in [0.25, 0.3) is 5.52 Å². The number of anilines is 3. The van der Waals surface area contributed by atoms with Gasteiger partial charge in [0, 0.05) is 11.8 Å². The van der Waals surface area contributed by atoms with E-state index in [9.17, 15) is 0 Å². The van der Waals surface area contributed by atoms with Crippen LogP contribution in [0.3, 0.4) is 0 Å². The van der Waals surface area contributed by atoms with Gasteiger partial charge >= 0.3 is 0 Å². The number of fused-ring (bicyclic) bond motifs is 1. The molecule has 0 atom stereocenters. The van der Waals surface area contributed by atoms with Crippen molar-refractivity contribution in [2.45, 2.75) is 6.92 Å². The summed E-state index contributed by atoms with van der Waals surface area (Å²) in [5.41, 5.74) is 7.58. The summed E-state index contributed by atoms with van der Waals surface area (Å²) in [6, 6.07) is 3.69. The van der Waals surface area contributed by atoms with E-state index < -0.39 is 0 Å². The molecule has 7 nitrogen and oxygen atoms in total. The summed E-state index contributed by atoms with van der Waals surface area (Å²) in [4.78, 5) is 4.23. The Morgan fingerprint density at radius 1 is 1.41 bits per heavy atom. The molecule has 7 heteroatoms. The number of aromatic nitrogens is 5. The van der Waals surface area contributed by atoms with Gasteiger partial charge in [-0.25, -0.2) is 9.50 Å². The summed E-state index contributed by atoms with van der Waals surface area (Å²) < 4.78 is 1.67. The molecule has 3 aromatic rings. The van der Waals surface area contributed by atoms with E-state index >= 15 is 0 Å². The van der Waals surface area contributed by atoms with Crippen LogP contribution in [-0.2, 0) is 0 Å². The molecule has 3 rings (SSSR count). The molecule has 0 unspecified atom stereocenters. The Bertz CT molecular complexity index is 666. The largest absolute Gasteiger partial charge is 0.382 e. The molecule has 0 fully saturated rings. The third-order valence-corrected chi connectivity index (χ3v) is 2.38. The zero-order valence-corrected chi connectivity index (χ0v) is 9.18. The number of nitrogen functional groups attached to an aromatic ring is 1. The maximum atomic E-state index is 5.82. The van der Waals surface area contributed by atoms with Gasteiger partial charge in [-0.1, -0.05) is 0 Å². The van der Waals surface area contributed by atoms with Gasteiger partial charge < -0.3 is 11.1 Å². The van der Waals surface area contributed by atoms with E-state index in [2.05, 4.69) is 25.6 Å². The van der Waals surface area contributed by atoms with Crippen LogP contribution in [0, 0.1) is 6.92 Å². The number of nitrogens with two attached hydrogens (primary N) is 1. The van der Waals surface area contributed by atoms with E-state index in [0.29, 0.717) is 17.5 Å². The van der Waals surface area contributed by atoms with Crippen LogP contribution >= 0.6 is 0 Å². The van der Waals surface area contributed by atoms with Gasteiger partial charge in [-0.15, -0.1) is 0 Å². The van der Waals surface area contributed by atoms with Crippen molar-refractivity contribution in [3.63, 3.8) is 0 Å². The number of rotatable bonds is 2. The van der Waals surface area contributed by atoms with Gasteiger partial charge in [-0.3, -0.25) is 5.10 Å². The van der Waals surface area contributed by atoms with Crippen molar-refractivity contribution in [3.8, 4) is 0 Å². The van der Waals surface area contributed by atoms with Crippen LogP contribution in [0.5, 0.6) is 0 Å². The van der Waals surface area contributed by atoms with Crippen molar-refractivity contribution in [2.75, 3.05) is 11.1 Å². The molecule has 0 aliphatic carbocycles. The van der Waals surface area contributed by atoms with E-state index in [1.165, 1.54) is 0 Å². The highest BCUT2D eigenvalue weighted by Gasteiger charge is 2.05. The lowest BCUT2D eigenvalue weighted by Crippen LogP contribution is -2.02. The minimum absolute atomic E-state index is 0.430. The Morgan fingerprint density at radius 3 is 3.06 bits per heavy atom. The van der Waals surface area contributed by atoms with Gasteiger partial charge in [0.2, 0.25) is 0 Å². The molecule has 0 saturated heterocycles. The Morgan fingerprint density at radius 2 is 2.29 bits per heavy atom. The second-order valence-corrected chi connectivity index (χ2v) is 3.73. The predicted molar refractivity (Wildman–Crippen MR) is 64.0 cm³/mol. The van der Waals surface area contributed by atoms with Crippen molar-refractivity contribution in [1.82, 2.24) is 24.8 Å². The maximum absolute atomic E-state index is 5.82. The highest BCUT2D eigenvalue weighted by atomic mass is 15.3. The van der Waals surface area contributed by atoms with Crippen molar-refractivity contribution in [3.05, 3.63) is 30.2 Å². The van der Waals surface area contributed by atoms with Crippen molar-refractivity contribution in [1.29, 1.82) is 0 Å². The molecular formula is C10H11N7. The van der Waals surface area contributed by atoms with Crippen LogP contribution in [0.2, 0.25) is 0 Å². The van der Waals surface area contributed by atoms with E-state index in [0.717, 1.165) is 11.2 Å². The SMILES string of the molecule is Cc1cc(Nc2cn3nccc3c(N)n2)n[nH]1. The average molecular weight is 229 g/mol. The first-order valence-electron chi connectivity index (χ1n) is 5.11. The summed E-state index contributed by atoms with van der Waals surface area (Å²) in [6.45, 7) is 1.93. The van der Waals surface area contributed by atoms with Gasteiger partial charge in [0.25, 0.3) is 0 Å².